The molecule has 0 radical (unpaired) electrons. The molecule has 1 heterocycles. The molecule has 0 fully saturated rings. The zero-order valence-corrected chi connectivity index (χ0v) is 7.57. The highest BCUT2D eigenvalue weighted by molar-refractivity contribution is 5.66. The van der Waals surface area contributed by atoms with Crippen LogP contribution in [0.4, 0.5) is 4.79 Å². The second kappa shape index (κ2) is 4.39. The van der Waals surface area contributed by atoms with Gasteiger partial charge in [-0.25, -0.2) is 14.8 Å². The number of nitrogens with zero attached hydrogens (tertiary/aromatic N) is 2. The second-order valence-electron chi connectivity index (χ2n) is 2.50. The standard InChI is InChI=1S/C8H11N3O2/c1-6-3-7(11-5-10-6)4-9-8(12)13-2/h3,5H,4H2,1-2H3,(H,9,12). The van der Waals surface area contributed by atoms with Crippen LogP contribution in [0.5, 0.6) is 0 Å². The van der Waals surface area contributed by atoms with E-state index in [4.69, 9.17) is 0 Å². The van der Waals surface area contributed by atoms with Crippen LogP contribution in [0.25, 0.3) is 0 Å². The van der Waals surface area contributed by atoms with Crippen molar-refractivity contribution in [2.45, 2.75) is 13.5 Å². The van der Waals surface area contributed by atoms with Gasteiger partial charge in [0.25, 0.3) is 0 Å². The van der Waals surface area contributed by atoms with Gasteiger partial charge in [-0.15, -0.1) is 0 Å². The molecule has 0 saturated heterocycles. The van der Waals surface area contributed by atoms with E-state index in [1.54, 1.807) is 6.07 Å². The Kier molecular flexibility index (Phi) is 3.19. The van der Waals surface area contributed by atoms with Gasteiger partial charge in [0.05, 0.1) is 19.3 Å². The van der Waals surface area contributed by atoms with E-state index in [1.807, 2.05) is 6.92 Å². The first kappa shape index (κ1) is 9.44. The van der Waals surface area contributed by atoms with Crippen molar-refractivity contribution in [3.05, 3.63) is 23.8 Å². The van der Waals surface area contributed by atoms with E-state index in [-0.39, 0.29) is 0 Å². The van der Waals surface area contributed by atoms with Crippen molar-refractivity contribution in [1.29, 1.82) is 0 Å². The van der Waals surface area contributed by atoms with Gasteiger partial charge in [-0.1, -0.05) is 0 Å². The molecule has 0 spiro atoms. The Balaban J connectivity index is 2.50. The van der Waals surface area contributed by atoms with E-state index < -0.39 is 6.09 Å². The minimum Gasteiger partial charge on any atom is -0.453 e. The van der Waals surface area contributed by atoms with Crippen LogP contribution < -0.4 is 5.32 Å². The number of nitrogens with one attached hydrogen (secondary N) is 1. The summed E-state index contributed by atoms with van der Waals surface area (Å²) in [6.45, 7) is 2.22. The Morgan fingerprint density at radius 1 is 1.62 bits per heavy atom. The molecule has 0 atom stereocenters. The smallest absolute Gasteiger partial charge is 0.407 e. The summed E-state index contributed by atoms with van der Waals surface area (Å²) in [5.74, 6) is 0. The van der Waals surface area contributed by atoms with Crippen molar-refractivity contribution in [3.8, 4) is 0 Å². The third-order valence-electron chi connectivity index (χ3n) is 1.46. The summed E-state index contributed by atoms with van der Waals surface area (Å²) in [4.78, 5) is 18.6. The Morgan fingerprint density at radius 2 is 2.38 bits per heavy atom. The molecule has 0 aliphatic carbocycles. The van der Waals surface area contributed by atoms with Gasteiger partial charge in [0, 0.05) is 5.69 Å². The van der Waals surface area contributed by atoms with Gasteiger partial charge in [-0.2, -0.15) is 0 Å². The Hall–Kier alpha value is -1.65. The second-order valence-corrected chi connectivity index (χ2v) is 2.50. The number of rotatable bonds is 2. The summed E-state index contributed by atoms with van der Waals surface area (Å²) in [6, 6.07) is 1.80. The van der Waals surface area contributed by atoms with Crippen molar-refractivity contribution < 1.29 is 9.53 Å². The van der Waals surface area contributed by atoms with Gasteiger partial charge >= 0.3 is 6.09 Å². The molecule has 13 heavy (non-hydrogen) atoms. The van der Waals surface area contributed by atoms with Gasteiger partial charge in [0.15, 0.2) is 0 Å². The van der Waals surface area contributed by atoms with Crippen LogP contribution in [-0.2, 0) is 11.3 Å². The molecule has 0 aromatic carbocycles. The highest BCUT2D eigenvalue weighted by atomic mass is 16.5. The van der Waals surface area contributed by atoms with Crippen molar-refractivity contribution in [1.82, 2.24) is 15.3 Å². The summed E-state index contributed by atoms with van der Waals surface area (Å²) in [7, 11) is 1.32. The number of methoxy groups -OCH3 is 1. The first-order valence-corrected chi connectivity index (χ1v) is 3.81. The van der Waals surface area contributed by atoms with Gasteiger partial charge in [-0.3, -0.25) is 0 Å². The number of amides is 1. The van der Waals surface area contributed by atoms with Gasteiger partial charge in [0.1, 0.15) is 6.33 Å². The zero-order chi connectivity index (χ0) is 9.68. The number of carbonyl (C=O) groups excluding carboxylic acids is 1. The number of aryl methyl sites for hydroxylation is 1. The predicted octanol–water partition coefficient (Wildman–Crippen LogP) is 0.641. The van der Waals surface area contributed by atoms with Crippen molar-refractivity contribution in [2.24, 2.45) is 0 Å². The fourth-order valence-electron chi connectivity index (χ4n) is 0.841. The Bertz CT molecular complexity index is 301. The average molecular weight is 181 g/mol. The van der Waals surface area contributed by atoms with E-state index in [1.165, 1.54) is 13.4 Å². The first-order chi connectivity index (χ1) is 6.22. The van der Waals surface area contributed by atoms with E-state index in [0.717, 1.165) is 11.4 Å². The number of aromatic nitrogens is 2. The highest BCUT2D eigenvalue weighted by Crippen LogP contribution is 1.95. The number of carbonyl (C=O) groups is 1. The molecule has 1 aromatic heterocycles. The SMILES string of the molecule is COC(=O)NCc1cc(C)ncn1. The quantitative estimate of drug-likeness (QED) is 0.727. The Morgan fingerprint density at radius 3 is 3.00 bits per heavy atom. The maximum absolute atomic E-state index is 10.7. The van der Waals surface area contributed by atoms with Gasteiger partial charge < -0.3 is 10.1 Å². The topological polar surface area (TPSA) is 64.1 Å². The Labute approximate surface area is 76.2 Å². The van der Waals surface area contributed by atoms with Crippen molar-refractivity contribution in [2.75, 3.05) is 7.11 Å². The molecule has 0 saturated carbocycles. The van der Waals surface area contributed by atoms with E-state index in [9.17, 15) is 4.79 Å². The maximum atomic E-state index is 10.7. The summed E-state index contributed by atoms with van der Waals surface area (Å²) >= 11 is 0. The van der Waals surface area contributed by atoms with Crippen LogP contribution in [0.15, 0.2) is 12.4 Å². The summed E-state index contributed by atoms with van der Waals surface area (Å²) < 4.78 is 4.41. The molecule has 0 aliphatic heterocycles. The first-order valence-electron chi connectivity index (χ1n) is 3.81. The molecule has 1 rings (SSSR count). The fraction of sp³-hybridized carbons (Fsp3) is 0.375. The monoisotopic (exact) mass is 181 g/mol. The van der Waals surface area contributed by atoms with Crippen molar-refractivity contribution >= 4 is 6.09 Å². The largest absolute Gasteiger partial charge is 0.453 e. The normalized spacial score (nSPS) is 9.38. The van der Waals surface area contributed by atoms with Crippen LogP contribution in [-0.4, -0.2) is 23.2 Å². The van der Waals surface area contributed by atoms with Crippen LogP contribution in [0.3, 0.4) is 0 Å². The lowest BCUT2D eigenvalue weighted by molar-refractivity contribution is 0.170. The number of ether oxygens (including phenoxy) is 1. The molecule has 1 amide bonds. The third-order valence-corrected chi connectivity index (χ3v) is 1.46. The van der Waals surface area contributed by atoms with Crippen LogP contribution >= 0.6 is 0 Å². The number of hydrogen-bond donors (Lipinski definition) is 1. The number of hydrogen-bond acceptors (Lipinski definition) is 4. The minimum atomic E-state index is -0.462. The highest BCUT2D eigenvalue weighted by Gasteiger charge is 1.99. The van der Waals surface area contributed by atoms with Crippen LogP contribution in [0.2, 0.25) is 0 Å². The van der Waals surface area contributed by atoms with E-state index in [0.29, 0.717) is 6.54 Å². The lowest BCUT2D eigenvalue weighted by Crippen LogP contribution is -2.22. The number of alkyl carbamates (subject to hydrolysis) is 1. The molecular formula is C8H11N3O2. The molecular weight excluding hydrogens is 170 g/mol. The third kappa shape index (κ3) is 3.06. The van der Waals surface area contributed by atoms with Crippen LogP contribution in [0, 0.1) is 6.92 Å². The summed E-state index contributed by atoms with van der Waals surface area (Å²) in [5.41, 5.74) is 1.63. The molecule has 0 unspecified atom stereocenters. The molecule has 0 bridgehead atoms. The zero-order valence-electron chi connectivity index (χ0n) is 7.57. The fourth-order valence-corrected chi connectivity index (χ4v) is 0.841. The lowest BCUT2D eigenvalue weighted by Gasteiger charge is -2.02. The molecule has 5 nitrogen and oxygen atoms in total. The van der Waals surface area contributed by atoms with Crippen LogP contribution in [0.1, 0.15) is 11.4 Å². The molecule has 70 valence electrons. The molecule has 1 N–H and O–H groups in total. The van der Waals surface area contributed by atoms with E-state index in [2.05, 4.69) is 20.0 Å². The summed E-state index contributed by atoms with van der Waals surface area (Å²) in [5, 5.41) is 2.52. The maximum Gasteiger partial charge on any atom is 0.407 e. The van der Waals surface area contributed by atoms with Crippen molar-refractivity contribution in [3.63, 3.8) is 0 Å². The molecule has 1 aromatic rings. The predicted molar refractivity (Wildman–Crippen MR) is 46.0 cm³/mol. The summed E-state index contributed by atoms with van der Waals surface area (Å²) in [6.07, 6.45) is 1.00. The average Bonchev–Trinajstić information content (AvgIpc) is 2.14. The van der Waals surface area contributed by atoms with Gasteiger partial charge in [0.2, 0.25) is 0 Å². The molecule has 5 heteroatoms. The minimum absolute atomic E-state index is 0.357. The van der Waals surface area contributed by atoms with E-state index >= 15 is 0 Å². The molecule has 0 aliphatic rings. The van der Waals surface area contributed by atoms with Gasteiger partial charge in [-0.05, 0) is 13.0 Å². The lowest BCUT2D eigenvalue weighted by atomic mass is 10.3.